The van der Waals surface area contributed by atoms with Crippen LogP contribution in [0.4, 0.5) is 0 Å². The minimum absolute atomic E-state index is 0.219. The summed E-state index contributed by atoms with van der Waals surface area (Å²) in [5, 5.41) is 19.1. The van der Waals surface area contributed by atoms with Crippen LogP contribution in [0.2, 0.25) is 0 Å². The summed E-state index contributed by atoms with van der Waals surface area (Å²) in [6, 6.07) is 7.92. The van der Waals surface area contributed by atoms with Crippen LogP contribution in [0.5, 0.6) is 5.75 Å². The van der Waals surface area contributed by atoms with Crippen molar-refractivity contribution in [3.8, 4) is 5.75 Å². The molecule has 0 amide bonds. The monoisotopic (exact) mass is 523 g/mol. The molecule has 1 aromatic rings. The standard InChI is InChI=1S/C34H53NO3/c1-25(2)12-15-30-24-33(28-16-18-32(36)19-17-28)31(23-29(30)10-7-11-34(37)38)9-6-4-3-5-8-26-13-14-27(22-26)20-21-35/h10,16-19,22,25-26,30-31,33,36H,3-9,11-15,20-21,23-24,35H2,1-2H3,(H,37,38)/t26-,30-,31-,33+/m0/s1. The Balaban J connectivity index is 1.59. The predicted molar refractivity (Wildman–Crippen MR) is 158 cm³/mol. The van der Waals surface area contributed by atoms with Crippen LogP contribution in [0.25, 0.3) is 0 Å². The van der Waals surface area contributed by atoms with Gasteiger partial charge in [0, 0.05) is 6.42 Å². The van der Waals surface area contributed by atoms with Crippen molar-refractivity contribution >= 4 is 5.97 Å². The maximum Gasteiger partial charge on any atom is 0.303 e. The number of benzene rings is 1. The van der Waals surface area contributed by atoms with E-state index in [-0.39, 0.29) is 6.42 Å². The molecule has 4 atom stereocenters. The number of phenols is 1. The lowest BCUT2D eigenvalue weighted by molar-refractivity contribution is -0.136. The Morgan fingerprint density at radius 2 is 1.82 bits per heavy atom. The second-order valence-electron chi connectivity index (χ2n) is 12.4. The molecule has 0 radical (unpaired) electrons. The molecule has 0 heterocycles. The van der Waals surface area contributed by atoms with Crippen molar-refractivity contribution in [2.24, 2.45) is 29.4 Å². The summed E-state index contributed by atoms with van der Waals surface area (Å²) in [6.45, 7) is 5.36. The number of carboxylic acid groups (broad SMARTS) is 1. The summed E-state index contributed by atoms with van der Waals surface area (Å²) >= 11 is 0. The van der Waals surface area contributed by atoms with E-state index in [0.717, 1.165) is 31.7 Å². The molecule has 0 aliphatic heterocycles. The van der Waals surface area contributed by atoms with E-state index in [1.807, 2.05) is 12.1 Å². The first kappa shape index (κ1) is 30.5. The first-order chi connectivity index (χ1) is 18.4. The van der Waals surface area contributed by atoms with E-state index in [0.29, 0.717) is 35.8 Å². The lowest BCUT2D eigenvalue weighted by Crippen LogP contribution is -2.26. The quantitative estimate of drug-likeness (QED) is 0.149. The Kier molecular flexibility index (Phi) is 12.9. The van der Waals surface area contributed by atoms with Gasteiger partial charge >= 0.3 is 5.97 Å². The van der Waals surface area contributed by atoms with E-state index in [1.54, 1.807) is 5.57 Å². The number of nitrogens with two attached hydrogens (primary N) is 1. The number of allylic oxidation sites excluding steroid dienone is 3. The number of hydrogen-bond donors (Lipinski definition) is 3. The van der Waals surface area contributed by atoms with Crippen molar-refractivity contribution < 1.29 is 15.0 Å². The van der Waals surface area contributed by atoms with Gasteiger partial charge in [0.2, 0.25) is 0 Å². The van der Waals surface area contributed by atoms with Crippen LogP contribution >= 0.6 is 0 Å². The van der Waals surface area contributed by atoms with Gasteiger partial charge < -0.3 is 15.9 Å². The smallest absolute Gasteiger partial charge is 0.303 e. The first-order valence-electron chi connectivity index (χ1n) is 15.4. The Morgan fingerprint density at radius 1 is 1.08 bits per heavy atom. The number of unbranched alkanes of at least 4 members (excludes halogenated alkanes) is 3. The molecule has 0 aromatic heterocycles. The molecule has 3 rings (SSSR count). The molecule has 4 heteroatoms. The maximum absolute atomic E-state index is 11.2. The van der Waals surface area contributed by atoms with Gasteiger partial charge in [0.15, 0.2) is 0 Å². The zero-order valence-corrected chi connectivity index (χ0v) is 24.0. The molecule has 0 bridgehead atoms. The number of rotatable bonds is 16. The predicted octanol–water partition coefficient (Wildman–Crippen LogP) is 8.76. The lowest BCUT2D eigenvalue weighted by Gasteiger charge is -2.39. The molecule has 2 aliphatic carbocycles. The van der Waals surface area contributed by atoms with E-state index in [1.165, 1.54) is 75.3 Å². The molecule has 0 saturated heterocycles. The largest absolute Gasteiger partial charge is 0.508 e. The van der Waals surface area contributed by atoms with Crippen molar-refractivity contribution in [3.05, 3.63) is 53.1 Å². The molecule has 4 N–H and O–H groups in total. The van der Waals surface area contributed by atoms with E-state index >= 15 is 0 Å². The average molecular weight is 524 g/mol. The average Bonchev–Trinajstić information content (AvgIpc) is 3.33. The highest BCUT2D eigenvalue weighted by Crippen LogP contribution is 2.47. The van der Waals surface area contributed by atoms with Gasteiger partial charge in [0.1, 0.15) is 5.75 Å². The highest BCUT2D eigenvalue weighted by atomic mass is 16.4. The van der Waals surface area contributed by atoms with Gasteiger partial charge in [-0.15, -0.1) is 0 Å². The number of aromatic hydroxyl groups is 1. The first-order valence-corrected chi connectivity index (χ1v) is 15.4. The molecule has 4 nitrogen and oxygen atoms in total. The van der Waals surface area contributed by atoms with Crippen LogP contribution in [0.15, 0.2) is 47.6 Å². The molecule has 2 aliphatic rings. The normalized spacial score (nSPS) is 24.7. The highest BCUT2D eigenvalue weighted by Gasteiger charge is 2.34. The third kappa shape index (κ3) is 10.2. The SMILES string of the molecule is CC(C)CC[C@H]1C[C@H](c2ccc(O)cc2)[C@@H](CCCCCC[C@@H]2C=C(CCN)CC2)CC1=CCCC(=O)O. The molecule has 38 heavy (non-hydrogen) atoms. The van der Waals surface area contributed by atoms with E-state index < -0.39 is 5.97 Å². The summed E-state index contributed by atoms with van der Waals surface area (Å²) in [5.74, 6) is 2.70. The molecule has 1 fully saturated rings. The fraction of sp³-hybridized carbons (Fsp3) is 0.676. The third-order valence-electron chi connectivity index (χ3n) is 8.98. The van der Waals surface area contributed by atoms with Crippen molar-refractivity contribution in [3.63, 3.8) is 0 Å². The highest BCUT2D eigenvalue weighted by molar-refractivity contribution is 5.66. The van der Waals surface area contributed by atoms with Gasteiger partial charge in [0.25, 0.3) is 0 Å². The van der Waals surface area contributed by atoms with Crippen LogP contribution in [0.1, 0.15) is 122 Å². The fourth-order valence-corrected chi connectivity index (χ4v) is 6.82. The molecular weight excluding hydrogens is 470 g/mol. The van der Waals surface area contributed by atoms with E-state index in [4.69, 9.17) is 5.73 Å². The van der Waals surface area contributed by atoms with E-state index in [2.05, 4.69) is 38.1 Å². The van der Waals surface area contributed by atoms with Gasteiger partial charge in [-0.2, -0.15) is 0 Å². The maximum atomic E-state index is 11.2. The number of carbonyl (C=O) groups is 1. The minimum atomic E-state index is -0.710. The van der Waals surface area contributed by atoms with Gasteiger partial charge in [-0.05, 0) is 112 Å². The van der Waals surface area contributed by atoms with Gasteiger partial charge in [-0.25, -0.2) is 0 Å². The molecule has 0 spiro atoms. The van der Waals surface area contributed by atoms with Crippen LogP contribution in [0, 0.1) is 23.7 Å². The summed E-state index contributed by atoms with van der Waals surface area (Å²) < 4.78 is 0. The summed E-state index contributed by atoms with van der Waals surface area (Å²) in [5.41, 5.74) is 10.2. The Morgan fingerprint density at radius 3 is 2.50 bits per heavy atom. The van der Waals surface area contributed by atoms with Crippen molar-refractivity contribution in [1.82, 2.24) is 0 Å². The lowest BCUT2D eigenvalue weighted by atomic mass is 9.66. The Labute approximate surface area is 231 Å². The molecule has 0 unspecified atom stereocenters. The third-order valence-corrected chi connectivity index (χ3v) is 8.98. The number of carboxylic acids is 1. The van der Waals surface area contributed by atoms with Gasteiger partial charge in [0.05, 0.1) is 0 Å². The van der Waals surface area contributed by atoms with Crippen molar-refractivity contribution in [2.75, 3.05) is 6.54 Å². The zero-order chi connectivity index (χ0) is 27.3. The van der Waals surface area contributed by atoms with Crippen LogP contribution < -0.4 is 5.73 Å². The second-order valence-corrected chi connectivity index (χ2v) is 12.4. The van der Waals surface area contributed by atoms with Crippen molar-refractivity contribution in [2.45, 2.75) is 116 Å². The number of aliphatic carboxylic acids is 1. The van der Waals surface area contributed by atoms with Crippen molar-refractivity contribution in [1.29, 1.82) is 0 Å². The summed E-state index contributed by atoms with van der Waals surface area (Å²) in [7, 11) is 0. The molecule has 1 saturated carbocycles. The second kappa shape index (κ2) is 16.1. The van der Waals surface area contributed by atoms with Gasteiger partial charge in [-0.3, -0.25) is 4.79 Å². The molecule has 212 valence electrons. The van der Waals surface area contributed by atoms with Crippen LogP contribution in [0.3, 0.4) is 0 Å². The van der Waals surface area contributed by atoms with E-state index in [9.17, 15) is 15.0 Å². The van der Waals surface area contributed by atoms with Crippen LogP contribution in [-0.2, 0) is 4.79 Å². The fourth-order valence-electron chi connectivity index (χ4n) is 6.82. The summed E-state index contributed by atoms with van der Waals surface area (Å²) in [4.78, 5) is 11.2. The Bertz CT molecular complexity index is 901. The van der Waals surface area contributed by atoms with Gasteiger partial charge in [-0.1, -0.05) is 81.4 Å². The Hall–Kier alpha value is -2.07. The zero-order valence-electron chi connectivity index (χ0n) is 24.0. The molecular formula is C34H53NO3. The minimum Gasteiger partial charge on any atom is -0.508 e. The summed E-state index contributed by atoms with van der Waals surface area (Å²) in [6.07, 6.45) is 21.6. The molecule has 1 aromatic carbocycles. The number of hydrogen-bond acceptors (Lipinski definition) is 3. The van der Waals surface area contributed by atoms with Crippen LogP contribution in [-0.4, -0.2) is 22.7 Å². The topological polar surface area (TPSA) is 83.5 Å². The number of phenolic OH excluding ortho intramolecular Hbond substituents is 1.